The summed E-state index contributed by atoms with van der Waals surface area (Å²) in [5.41, 5.74) is 2.43. The van der Waals surface area contributed by atoms with Crippen molar-refractivity contribution < 1.29 is 9.53 Å². The molecular formula is C22H26ClN7O2. The van der Waals surface area contributed by atoms with Crippen LogP contribution >= 0.6 is 11.6 Å². The van der Waals surface area contributed by atoms with Crippen molar-refractivity contribution in [2.75, 3.05) is 56.2 Å². The van der Waals surface area contributed by atoms with Crippen LogP contribution < -0.4 is 14.5 Å². The minimum atomic E-state index is -0.0566. The molecule has 0 saturated carbocycles. The first-order chi connectivity index (χ1) is 15.6. The summed E-state index contributed by atoms with van der Waals surface area (Å²) in [5, 5.41) is 0.168. The summed E-state index contributed by atoms with van der Waals surface area (Å²) >= 11 is 6.11. The van der Waals surface area contributed by atoms with Gasteiger partial charge in [-0.15, -0.1) is 0 Å². The van der Waals surface area contributed by atoms with E-state index in [1.165, 1.54) is 0 Å². The van der Waals surface area contributed by atoms with Gasteiger partial charge in [0, 0.05) is 51.0 Å². The van der Waals surface area contributed by atoms with Gasteiger partial charge < -0.3 is 24.4 Å². The number of piperazine rings is 1. The van der Waals surface area contributed by atoms with Gasteiger partial charge in [-0.2, -0.15) is 9.97 Å². The molecule has 2 aromatic heterocycles. The topological polar surface area (TPSA) is 90.5 Å². The molecule has 2 fully saturated rings. The number of halogens is 1. The number of benzene rings is 1. The van der Waals surface area contributed by atoms with Gasteiger partial charge in [-0.25, -0.2) is 4.98 Å². The van der Waals surface area contributed by atoms with Crippen molar-refractivity contribution in [2.24, 2.45) is 5.92 Å². The number of H-pyrrole nitrogens is 1. The Hall–Kier alpha value is -3.07. The van der Waals surface area contributed by atoms with Crippen LogP contribution in [0.25, 0.3) is 11.2 Å². The van der Waals surface area contributed by atoms with Crippen LogP contribution in [0.15, 0.2) is 30.6 Å². The first kappa shape index (κ1) is 20.8. The van der Waals surface area contributed by atoms with Crippen molar-refractivity contribution in [3.63, 3.8) is 0 Å². The molecule has 168 valence electrons. The summed E-state index contributed by atoms with van der Waals surface area (Å²) in [6.07, 6.45) is 3.40. The maximum Gasteiger partial charge on any atom is 0.227 e. The lowest BCUT2D eigenvalue weighted by atomic mass is 9.96. The van der Waals surface area contributed by atoms with E-state index in [4.69, 9.17) is 16.3 Å². The van der Waals surface area contributed by atoms with Gasteiger partial charge >= 0.3 is 0 Å². The maximum absolute atomic E-state index is 13.3. The van der Waals surface area contributed by atoms with Crippen LogP contribution in [-0.2, 0) is 4.79 Å². The van der Waals surface area contributed by atoms with Gasteiger partial charge in [0.2, 0.25) is 11.2 Å². The summed E-state index contributed by atoms with van der Waals surface area (Å²) in [7, 11) is 1.68. The minimum absolute atomic E-state index is 0.0566. The zero-order valence-corrected chi connectivity index (χ0v) is 18.8. The summed E-state index contributed by atoms with van der Waals surface area (Å²) < 4.78 is 5.34. The monoisotopic (exact) mass is 455 g/mol. The molecule has 2 saturated heterocycles. The number of amides is 1. The number of methoxy groups -OCH3 is 1. The normalized spacial score (nSPS) is 19.4. The van der Waals surface area contributed by atoms with Crippen LogP contribution in [0.3, 0.4) is 0 Å². The van der Waals surface area contributed by atoms with Gasteiger partial charge in [-0.1, -0.05) is 6.07 Å². The van der Waals surface area contributed by atoms with E-state index in [1.807, 2.05) is 23.1 Å². The second-order valence-corrected chi connectivity index (χ2v) is 8.55. The zero-order valence-electron chi connectivity index (χ0n) is 18.0. The molecule has 1 aromatic carbocycles. The lowest BCUT2D eigenvalue weighted by Crippen LogP contribution is -2.52. The van der Waals surface area contributed by atoms with Gasteiger partial charge in [0.1, 0.15) is 11.3 Å². The summed E-state index contributed by atoms with van der Waals surface area (Å²) in [4.78, 5) is 35.7. The van der Waals surface area contributed by atoms with Crippen molar-refractivity contribution in [1.82, 2.24) is 24.8 Å². The highest BCUT2D eigenvalue weighted by atomic mass is 35.5. The number of fused-ring (bicyclic) bond motifs is 1. The van der Waals surface area contributed by atoms with Crippen molar-refractivity contribution in [1.29, 1.82) is 0 Å². The smallest absolute Gasteiger partial charge is 0.227 e. The van der Waals surface area contributed by atoms with Crippen LogP contribution in [-0.4, -0.2) is 77.1 Å². The van der Waals surface area contributed by atoms with E-state index in [0.29, 0.717) is 12.2 Å². The van der Waals surface area contributed by atoms with Crippen LogP contribution in [0.1, 0.15) is 12.8 Å². The minimum Gasteiger partial charge on any atom is -0.497 e. The number of hydrogen-bond acceptors (Lipinski definition) is 7. The molecule has 0 unspecified atom stereocenters. The second-order valence-electron chi connectivity index (χ2n) is 8.22. The Morgan fingerprint density at radius 1 is 1.16 bits per heavy atom. The number of nitrogens with zero attached hydrogens (tertiary/aromatic N) is 6. The van der Waals surface area contributed by atoms with Gasteiger partial charge in [0.25, 0.3) is 0 Å². The average molecular weight is 456 g/mol. The molecule has 3 aromatic rings. The van der Waals surface area contributed by atoms with E-state index in [9.17, 15) is 4.79 Å². The Bertz CT molecular complexity index is 1110. The average Bonchev–Trinajstić information content (AvgIpc) is 3.31. The highest BCUT2D eigenvalue weighted by molar-refractivity contribution is 6.28. The molecule has 0 spiro atoms. The van der Waals surface area contributed by atoms with Crippen molar-refractivity contribution in [3.05, 3.63) is 35.9 Å². The molecule has 2 aliphatic heterocycles. The molecule has 9 nitrogen and oxygen atoms in total. The molecule has 32 heavy (non-hydrogen) atoms. The summed E-state index contributed by atoms with van der Waals surface area (Å²) in [6, 6.07) is 8.07. The predicted molar refractivity (Wildman–Crippen MR) is 123 cm³/mol. The lowest BCUT2D eigenvalue weighted by Gasteiger charge is -2.40. The number of carbonyl (C=O) groups is 1. The lowest BCUT2D eigenvalue weighted by molar-refractivity contribution is -0.136. The van der Waals surface area contributed by atoms with E-state index < -0.39 is 0 Å². The molecule has 4 heterocycles. The molecular weight excluding hydrogens is 430 g/mol. The van der Waals surface area contributed by atoms with Crippen molar-refractivity contribution >= 4 is 40.2 Å². The fourth-order valence-corrected chi connectivity index (χ4v) is 4.80. The number of aromatic amines is 1. The molecule has 2 aliphatic rings. The van der Waals surface area contributed by atoms with E-state index in [1.54, 1.807) is 13.4 Å². The molecule has 1 N–H and O–H groups in total. The number of ether oxygens (including phenoxy) is 1. The van der Waals surface area contributed by atoms with E-state index >= 15 is 0 Å². The SMILES string of the molecule is COc1cccc(N2CCN(C(=O)[C@@H]3CCCN(c4nc(Cl)nc5nc[nH]c45)C3)CC2)c1. The van der Waals surface area contributed by atoms with Gasteiger partial charge in [0.15, 0.2) is 11.5 Å². The third-order valence-electron chi connectivity index (χ3n) is 6.32. The number of rotatable bonds is 4. The number of hydrogen-bond donors (Lipinski definition) is 1. The molecule has 1 amide bonds. The largest absolute Gasteiger partial charge is 0.497 e. The number of anilines is 2. The Morgan fingerprint density at radius 2 is 2.00 bits per heavy atom. The molecule has 5 rings (SSSR count). The molecule has 0 bridgehead atoms. The van der Waals surface area contributed by atoms with Crippen molar-refractivity contribution in [2.45, 2.75) is 12.8 Å². The number of carbonyl (C=O) groups excluding carboxylic acids is 1. The number of nitrogens with one attached hydrogen (secondary N) is 1. The number of imidazole rings is 1. The fraction of sp³-hybridized carbons (Fsp3) is 0.455. The van der Waals surface area contributed by atoms with E-state index in [2.05, 4.69) is 35.8 Å². The van der Waals surface area contributed by atoms with Crippen LogP contribution in [0, 0.1) is 5.92 Å². The van der Waals surface area contributed by atoms with Gasteiger partial charge in [-0.3, -0.25) is 4.79 Å². The Kier molecular flexibility index (Phi) is 5.73. The predicted octanol–water partition coefficient (Wildman–Crippen LogP) is 2.58. The highest BCUT2D eigenvalue weighted by Gasteiger charge is 2.32. The van der Waals surface area contributed by atoms with Crippen LogP contribution in [0.4, 0.5) is 11.5 Å². The second kappa shape index (κ2) is 8.82. The zero-order chi connectivity index (χ0) is 22.1. The highest BCUT2D eigenvalue weighted by Crippen LogP contribution is 2.29. The third kappa shape index (κ3) is 4.04. The van der Waals surface area contributed by atoms with Crippen molar-refractivity contribution in [3.8, 4) is 5.75 Å². The molecule has 0 aliphatic carbocycles. The van der Waals surface area contributed by atoms with Gasteiger partial charge in [-0.05, 0) is 36.6 Å². The van der Waals surface area contributed by atoms with E-state index in [-0.39, 0.29) is 17.1 Å². The Morgan fingerprint density at radius 3 is 2.81 bits per heavy atom. The molecule has 0 radical (unpaired) electrons. The standard InChI is InChI=1S/C22H26ClN7O2/c1-32-17-6-2-5-16(12-17)28-8-10-29(11-9-28)21(31)15-4-3-7-30(13-15)20-18-19(25-14-24-18)26-22(23)27-20/h2,5-6,12,14-15H,3-4,7-11,13H2,1H3,(H,24,25,26,27)/t15-/m1/s1. The molecule has 10 heteroatoms. The summed E-state index contributed by atoms with van der Waals surface area (Å²) in [5.74, 6) is 1.73. The Balaban J connectivity index is 1.24. The number of aromatic nitrogens is 4. The first-order valence-corrected chi connectivity index (χ1v) is 11.3. The molecule has 1 atom stereocenters. The van der Waals surface area contributed by atoms with Crippen LogP contribution in [0.2, 0.25) is 5.28 Å². The third-order valence-corrected chi connectivity index (χ3v) is 6.49. The Labute approximate surface area is 191 Å². The maximum atomic E-state index is 13.3. The van der Waals surface area contributed by atoms with Crippen LogP contribution in [0.5, 0.6) is 5.75 Å². The first-order valence-electron chi connectivity index (χ1n) is 10.9. The van der Waals surface area contributed by atoms with E-state index in [0.717, 1.165) is 68.3 Å². The number of piperidine rings is 1. The summed E-state index contributed by atoms with van der Waals surface area (Å²) in [6.45, 7) is 4.51. The fourth-order valence-electron chi connectivity index (χ4n) is 4.64. The van der Waals surface area contributed by atoms with Gasteiger partial charge in [0.05, 0.1) is 19.4 Å². The quantitative estimate of drug-likeness (QED) is 0.604.